The first-order valence-electron chi connectivity index (χ1n) is 8.88. The molecule has 3 heterocycles. The summed E-state index contributed by atoms with van der Waals surface area (Å²) in [5, 5.41) is 0. The second-order valence-corrected chi connectivity index (χ2v) is 6.72. The second-order valence-electron chi connectivity index (χ2n) is 6.72. The summed E-state index contributed by atoms with van der Waals surface area (Å²) in [5.41, 5.74) is 5.24. The highest BCUT2D eigenvalue weighted by Crippen LogP contribution is 2.25. The molecule has 5 nitrogen and oxygen atoms in total. The third-order valence-electron chi connectivity index (χ3n) is 5.04. The number of aromatic nitrogens is 1. The molecule has 1 aromatic heterocycles. The van der Waals surface area contributed by atoms with E-state index in [1.165, 1.54) is 5.69 Å². The molecule has 0 atom stereocenters. The third-order valence-corrected chi connectivity index (χ3v) is 5.04. The summed E-state index contributed by atoms with van der Waals surface area (Å²) in [7, 11) is 0. The molecule has 5 heteroatoms. The lowest BCUT2D eigenvalue weighted by atomic mass is 10.0. The van der Waals surface area contributed by atoms with E-state index in [0.717, 1.165) is 55.0 Å². The van der Waals surface area contributed by atoms with E-state index in [0.29, 0.717) is 13.2 Å². The molecule has 1 saturated heterocycles. The van der Waals surface area contributed by atoms with E-state index in [2.05, 4.69) is 22.0 Å². The van der Waals surface area contributed by atoms with Crippen molar-refractivity contribution < 1.29 is 9.53 Å². The van der Waals surface area contributed by atoms with Crippen molar-refractivity contribution in [2.24, 2.45) is 0 Å². The smallest absolute Gasteiger partial charge is 0.254 e. The fourth-order valence-electron chi connectivity index (χ4n) is 3.68. The molecule has 0 radical (unpaired) electrons. The summed E-state index contributed by atoms with van der Waals surface area (Å²) in [6.07, 6.45) is 2.82. The topological polar surface area (TPSA) is 45.7 Å². The number of aryl methyl sites for hydroxylation is 1. The largest absolute Gasteiger partial charge is 0.372 e. The van der Waals surface area contributed by atoms with Crippen LogP contribution in [0.25, 0.3) is 0 Å². The van der Waals surface area contributed by atoms with Gasteiger partial charge in [-0.2, -0.15) is 0 Å². The van der Waals surface area contributed by atoms with Crippen molar-refractivity contribution in [2.75, 3.05) is 31.1 Å². The predicted molar refractivity (Wildman–Crippen MR) is 96.6 cm³/mol. The summed E-state index contributed by atoms with van der Waals surface area (Å²) < 4.78 is 5.52. The summed E-state index contributed by atoms with van der Waals surface area (Å²) in [5.74, 6) is 0.134. The summed E-state index contributed by atoms with van der Waals surface area (Å²) >= 11 is 0. The van der Waals surface area contributed by atoms with Crippen molar-refractivity contribution >= 4 is 11.6 Å². The van der Waals surface area contributed by atoms with Crippen LogP contribution in [0.2, 0.25) is 0 Å². The number of nitrogens with zero attached hydrogens (tertiary/aromatic N) is 3. The minimum atomic E-state index is 0.134. The van der Waals surface area contributed by atoms with Gasteiger partial charge in [0.15, 0.2) is 0 Å². The average molecular weight is 337 g/mol. The summed E-state index contributed by atoms with van der Waals surface area (Å²) in [6, 6.07) is 10.1. The maximum atomic E-state index is 13.1. The number of carbonyl (C=O) groups excluding carboxylic acids is 1. The number of pyridine rings is 1. The fraction of sp³-hybridized carbons (Fsp3) is 0.400. The first-order valence-corrected chi connectivity index (χ1v) is 8.88. The minimum Gasteiger partial charge on any atom is -0.372 e. The lowest BCUT2D eigenvalue weighted by Crippen LogP contribution is -2.35. The zero-order chi connectivity index (χ0) is 17.2. The molecule has 25 heavy (non-hydrogen) atoms. The van der Waals surface area contributed by atoms with E-state index < -0.39 is 0 Å². The van der Waals surface area contributed by atoms with Crippen LogP contribution in [-0.4, -0.2) is 42.0 Å². The van der Waals surface area contributed by atoms with E-state index >= 15 is 0 Å². The van der Waals surface area contributed by atoms with Gasteiger partial charge in [0, 0.05) is 49.3 Å². The van der Waals surface area contributed by atoms with Gasteiger partial charge in [-0.15, -0.1) is 0 Å². The lowest BCUT2D eigenvalue weighted by molar-refractivity contribution is 0.0762. The molecular formula is C20H23N3O2. The van der Waals surface area contributed by atoms with Gasteiger partial charge in [-0.3, -0.25) is 9.78 Å². The van der Waals surface area contributed by atoms with E-state index in [-0.39, 0.29) is 5.91 Å². The molecule has 0 saturated carbocycles. The average Bonchev–Trinajstić information content (AvgIpc) is 2.97. The molecule has 2 aliphatic heterocycles. The van der Waals surface area contributed by atoms with Crippen molar-refractivity contribution in [3.8, 4) is 0 Å². The molecular weight excluding hydrogens is 314 g/mol. The Balaban J connectivity index is 1.50. The van der Waals surface area contributed by atoms with Crippen molar-refractivity contribution in [1.82, 2.24) is 9.88 Å². The van der Waals surface area contributed by atoms with Crippen molar-refractivity contribution in [2.45, 2.75) is 26.6 Å². The number of fused-ring (bicyclic) bond motifs is 1. The van der Waals surface area contributed by atoms with Crippen molar-refractivity contribution in [3.05, 3.63) is 58.9 Å². The van der Waals surface area contributed by atoms with Gasteiger partial charge >= 0.3 is 0 Å². The molecule has 130 valence electrons. The summed E-state index contributed by atoms with van der Waals surface area (Å²) in [4.78, 5) is 21.7. The molecule has 4 rings (SSSR count). The Labute approximate surface area is 148 Å². The lowest BCUT2D eigenvalue weighted by Gasteiger charge is -2.24. The maximum Gasteiger partial charge on any atom is 0.254 e. The summed E-state index contributed by atoms with van der Waals surface area (Å²) in [6.45, 7) is 6.52. The number of hydrogen-bond donors (Lipinski definition) is 0. The molecule has 0 aliphatic carbocycles. The molecule has 0 N–H and O–H groups in total. The second kappa shape index (κ2) is 6.84. The molecule has 1 fully saturated rings. The van der Waals surface area contributed by atoms with Crippen LogP contribution in [0.15, 0.2) is 36.5 Å². The van der Waals surface area contributed by atoms with Gasteiger partial charge in [0.1, 0.15) is 0 Å². The number of anilines is 1. The number of hydrogen-bond acceptors (Lipinski definition) is 4. The zero-order valence-corrected chi connectivity index (χ0v) is 14.6. The van der Waals surface area contributed by atoms with E-state index in [1.807, 2.05) is 36.2 Å². The number of benzene rings is 1. The molecule has 1 amide bonds. The Morgan fingerprint density at radius 3 is 2.92 bits per heavy atom. The predicted octanol–water partition coefficient (Wildman–Crippen LogP) is 2.77. The Hall–Kier alpha value is -2.40. The molecule has 2 aromatic rings. The van der Waals surface area contributed by atoms with E-state index in [4.69, 9.17) is 4.74 Å². The van der Waals surface area contributed by atoms with E-state index in [9.17, 15) is 4.79 Å². The molecule has 0 bridgehead atoms. The van der Waals surface area contributed by atoms with Gasteiger partial charge < -0.3 is 14.5 Å². The monoisotopic (exact) mass is 337 g/mol. The normalized spacial score (nSPS) is 17.3. The number of ether oxygens (including phenoxy) is 1. The Morgan fingerprint density at radius 2 is 2.04 bits per heavy atom. The van der Waals surface area contributed by atoms with Crippen molar-refractivity contribution in [3.63, 3.8) is 0 Å². The van der Waals surface area contributed by atoms with Crippen molar-refractivity contribution in [1.29, 1.82) is 0 Å². The zero-order valence-electron chi connectivity index (χ0n) is 14.6. The highest BCUT2D eigenvalue weighted by atomic mass is 16.5. The van der Waals surface area contributed by atoms with E-state index in [1.54, 1.807) is 0 Å². The van der Waals surface area contributed by atoms with Crippen LogP contribution in [0.3, 0.4) is 0 Å². The fourth-order valence-corrected chi connectivity index (χ4v) is 3.68. The van der Waals surface area contributed by atoms with Gasteiger partial charge in [-0.1, -0.05) is 12.1 Å². The quantitative estimate of drug-likeness (QED) is 0.845. The van der Waals surface area contributed by atoms with Gasteiger partial charge in [0.2, 0.25) is 0 Å². The Bertz CT molecular complexity index is 790. The van der Waals surface area contributed by atoms with Crippen LogP contribution >= 0.6 is 0 Å². The van der Waals surface area contributed by atoms with Crippen LogP contribution in [0.4, 0.5) is 5.69 Å². The third kappa shape index (κ3) is 3.24. The first-order chi connectivity index (χ1) is 12.2. The van der Waals surface area contributed by atoms with Crippen LogP contribution in [0.5, 0.6) is 0 Å². The highest BCUT2D eigenvalue weighted by molar-refractivity contribution is 5.96. The number of amides is 1. The van der Waals surface area contributed by atoms with Gasteiger partial charge in [0.05, 0.1) is 13.2 Å². The molecule has 0 spiro atoms. The highest BCUT2D eigenvalue weighted by Gasteiger charge is 2.25. The SMILES string of the molecule is Cc1cc(N2CCCN(C(=O)c3cccc4c3COC4)CC2)ccn1. The van der Waals surface area contributed by atoms with Crippen LogP contribution < -0.4 is 4.90 Å². The van der Waals surface area contributed by atoms with Gasteiger partial charge in [-0.25, -0.2) is 0 Å². The maximum absolute atomic E-state index is 13.1. The van der Waals surface area contributed by atoms with Gasteiger partial charge in [0.25, 0.3) is 5.91 Å². The first kappa shape index (κ1) is 16.1. The Morgan fingerprint density at radius 1 is 1.12 bits per heavy atom. The van der Waals surface area contributed by atoms with Crippen LogP contribution in [0.1, 0.15) is 33.6 Å². The van der Waals surface area contributed by atoms with Gasteiger partial charge in [-0.05, 0) is 42.7 Å². The number of rotatable bonds is 2. The minimum absolute atomic E-state index is 0.134. The molecule has 1 aromatic carbocycles. The standard InChI is InChI=1S/C20H23N3O2/c1-15-12-17(6-7-21-15)22-8-3-9-23(11-10-22)20(24)18-5-2-4-16-13-25-14-19(16)18/h2,4-7,12H,3,8-11,13-14H2,1H3. The molecule has 2 aliphatic rings. The Kier molecular flexibility index (Phi) is 4.40. The van der Waals surface area contributed by atoms with Crippen LogP contribution in [-0.2, 0) is 18.0 Å². The number of carbonyl (C=O) groups is 1. The van der Waals surface area contributed by atoms with Crippen LogP contribution in [0, 0.1) is 6.92 Å². The molecule has 0 unspecified atom stereocenters.